The summed E-state index contributed by atoms with van der Waals surface area (Å²) in [6.45, 7) is 0. The number of rotatable bonds is 2. The number of para-hydroxylation sites is 3. The van der Waals surface area contributed by atoms with Crippen molar-refractivity contribution in [3.05, 3.63) is 146 Å². The maximum absolute atomic E-state index is 6.41. The van der Waals surface area contributed by atoms with Crippen LogP contribution in [0.3, 0.4) is 0 Å². The van der Waals surface area contributed by atoms with Crippen LogP contribution < -0.4 is 10.6 Å². The van der Waals surface area contributed by atoms with Gasteiger partial charge in [-0.05, 0) is 59.7 Å². The molecular weight excluding hydrogens is 601 g/mol. The molecule has 10 aromatic rings. The molecule has 2 aliphatic rings. The van der Waals surface area contributed by atoms with E-state index in [0.717, 1.165) is 44.6 Å². The molecule has 0 spiro atoms. The highest BCUT2D eigenvalue weighted by Gasteiger charge is 2.32. The van der Waals surface area contributed by atoms with Crippen LogP contribution in [0.15, 0.2) is 150 Å². The second kappa shape index (κ2) is 9.12. The number of allylic oxidation sites excluding steroid dienone is 2. The van der Waals surface area contributed by atoms with Crippen molar-refractivity contribution in [2.45, 2.75) is 12.1 Å². The predicted molar refractivity (Wildman–Crippen MR) is 204 cm³/mol. The molecule has 2 N–H and O–H groups in total. The summed E-state index contributed by atoms with van der Waals surface area (Å²) in [6.07, 6.45) is 8.77. The second-order valence-corrected chi connectivity index (χ2v) is 13.5. The maximum atomic E-state index is 6.41. The summed E-state index contributed by atoms with van der Waals surface area (Å²) in [5.74, 6) is 1.10. The summed E-state index contributed by atoms with van der Waals surface area (Å²) < 4.78 is 11.2. The molecular formula is C44H28N4O. The quantitative estimate of drug-likeness (QED) is 0.200. The van der Waals surface area contributed by atoms with Crippen molar-refractivity contribution in [3.8, 4) is 16.8 Å². The molecule has 49 heavy (non-hydrogen) atoms. The molecule has 1 aliphatic carbocycles. The average molecular weight is 629 g/mol. The van der Waals surface area contributed by atoms with Crippen LogP contribution in [0.2, 0.25) is 0 Å². The molecule has 0 fully saturated rings. The summed E-state index contributed by atoms with van der Waals surface area (Å²) >= 11 is 0. The topological polar surface area (TPSA) is 46.5 Å². The molecule has 0 amide bonds. The zero-order valence-corrected chi connectivity index (χ0v) is 26.3. The molecule has 1 aliphatic heterocycles. The van der Waals surface area contributed by atoms with Crippen LogP contribution in [0.4, 0.5) is 11.5 Å². The van der Waals surface area contributed by atoms with E-state index < -0.39 is 0 Å². The monoisotopic (exact) mass is 628 g/mol. The highest BCUT2D eigenvalue weighted by molar-refractivity contribution is 6.25. The molecule has 12 rings (SSSR count). The number of nitrogens with zero attached hydrogens (tertiary/aromatic N) is 2. The Hall–Kier alpha value is -6.46. The summed E-state index contributed by atoms with van der Waals surface area (Å²) in [6, 6.07) is 44.4. The van der Waals surface area contributed by atoms with E-state index in [1.165, 1.54) is 54.6 Å². The smallest absolute Gasteiger partial charge is 0.137 e. The standard InChI is InChI=1S/C44H28N4O/c1-2-10-27(11-3-1)47-37-16-8-4-12-28(37)29-19-18-25(22-38(29)47)26-20-33-31-23-32-30-13-5-9-17-40(30)49-41(32)24-39(31)48-43(33)34(21-26)42-44(48)46-36-15-7-6-14-35(36)45-42/h1-24,35-36,45-46H. The lowest BCUT2D eigenvalue weighted by molar-refractivity contribution is 0.669. The van der Waals surface area contributed by atoms with E-state index in [9.17, 15) is 0 Å². The number of nitrogens with one attached hydrogen (secondary N) is 2. The molecule has 5 nitrogen and oxygen atoms in total. The third-order valence-corrected chi connectivity index (χ3v) is 10.9. The Bertz CT molecular complexity index is 3060. The summed E-state index contributed by atoms with van der Waals surface area (Å²) in [7, 11) is 0. The normalized spacial score (nSPS) is 17.1. The SMILES string of the molecule is C1=CC2Nc3c(n4c5cc6oc7ccccc7c6cc5c5cc(-c6ccc7c8ccccc8n(-c8ccccc8)c7c6)cc3c54)NC2C=C1. The van der Waals surface area contributed by atoms with Gasteiger partial charge in [-0.2, -0.15) is 0 Å². The lowest BCUT2D eigenvalue weighted by Crippen LogP contribution is -2.41. The van der Waals surface area contributed by atoms with Gasteiger partial charge in [0.1, 0.15) is 17.0 Å². The fourth-order valence-corrected chi connectivity index (χ4v) is 8.69. The van der Waals surface area contributed by atoms with Crippen molar-refractivity contribution >= 4 is 82.4 Å². The third kappa shape index (κ3) is 3.34. The second-order valence-electron chi connectivity index (χ2n) is 13.5. The molecule has 0 saturated carbocycles. The van der Waals surface area contributed by atoms with Gasteiger partial charge in [0.2, 0.25) is 0 Å². The molecule has 0 saturated heterocycles. The Morgan fingerprint density at radius 1 is 0.490 bits per heavy atom. The number of hydrogen-bond acceptors (Lipinski definition) is 3. The first-order chi connectivity index (χ1) is 24.3. The van der Waals surface area contributed by atoms with Crippen LogP contribution in [-0.4, -0.2) is 21.1 Å². The van der Waals surface area contributed by atoms with E-state index in [-0.39, 0.29) is 12.1 Å². The molecule has 0 radical (unpaired) electrons. The Kier molecular flexibility index (Phi) is 4.76. The maximum Gasteiger partial charge on any atom is 0.137 e. The van der Waals surface area contributed by atoms with E-state index >= 15 is 0 Å². The minimum absolute atomic E-state index is 0.169. The summed E-state index contributed by atoms with van der Waals surface area (Å²) in [4.78, 5) is 0. The largest absolute Gasteiger partial charge is 0.456 e. The van der Waals surface area contributed by atoms with Crippen LogP contribution in [0.1, 0.15) is 0 Å². The van der Waals surface area contributed by atoms with Gasteiger partial charge in [-0.15, -0.1) is 0 Å². The number of furan rings is 1. The van der Waals surface area contributed by atoms with E-state index in [4.69, 9.17) is 4.42 Å². The highest BCUT2D eigenvalue weighted by Crippen LogP contribution is 2.49. The molecule has 0 bridgehead atoms. The minimum Gasteiger partial charge on any atom is -0.456 e. The summed E-state index contributed by atoms with van der Waals surface area (Å²) in [5, 5.41) is 16.3. The first-order valence-corrected chi connectivity index (χ1v) is 16.9. The molecule has 5 heterocycles. The molecule has 6 aromatic carbocycles. The average Bonchev–Trinajstić information content (AvgIpc) is 3.88. The fourth-order valence-electron chi connectivity index (χ4n) is 8.69. The Morgan fingerprint density at radius 2 is 1.24 bits per heavy atom. The lowest BCUT2D eigenvalue weighted by atomic mass is 9.97. The Morgan fingerprint density at radius 3 is 2.14 bits per heavy atom. The predicted octanol–water partition coefficient (Wildman–Crippen LogP) is 11.0. The number of aromatic nitrogens is 2. The Labute approximate surface area is 280 Å². The minimum atomic E-state index is 0.169. The van der Waals surface area contributed by atoms with E-state index in [0.29, 0.717) is 0 Å². The summed E-state index contributed by atoms with van der Waals surface area (Å²) in [5.41, 5.74) is 11.3. The van der Waals surface area contributed by atoms with Crippen molar-refractivity contribution < 1.29 is 4.42 Å². The van der Waals surface area contributed by atoms with Crippen molar-refractivity contribution in [2.75, 3.05) is 10.6 Å². The van der Waals surface area contributed by atoms with E-state index in [2.05, 4.69) is 159 Å². The van der Waals surface area contributed by atoms with Gasteiger partial charge in [-0.1, -0.05) is 91.0 Å². The van der Waals surface area contributed by atoms with Crippen LogP contribution in [0.25, 0.3) is 87.8 Å². The number of hydrogen-bond donors (Lipinski definition) is 2. The van der Waals surface area contributed by atoms with Crippen LogP contribution in [-0.2, 0) is 0 Å². The molecule has 2 atom stereocenters. The first-order valence-electron chi connectivity index (χ1n) is 16.9. The van der Waals surface area contributed by atoms with Gasteiger partial charge in [-0.25, -0.2) is 0 Å². The molecule has 5 heteroatoms. The van der Waals surface area contributed by atoms with Crippen LogP contribution in [0.5, 0.6) is 0 Å². The highest BCUT2D eigenvalue weighted by atomic mass is 16.3. The lowest BCUT2D eigenvalue weighted by Gasteiger charge is -2.33. The van der Waals surface area contributed by atoms with Crippen LogP contribution in [0, 0.1) is 0 Å². The zero-order valence-electron chi connectivity index (χ0n) is 26.3. The van der Waals surface area contributed by atoms with Crippen LogP contribution >= 0.6 is 0 Å². The Balaban J connectivity index is 1.18. The van der Waals surface area contributed by atoms with Gasteiger partial charge in [0, 0.05) is 49.5 Å². The molecule has 4 aromatic heterocycles. The number of benzene rings is 6. The van der Waals surface area contributed by atoms with Gasteiger partial charge in [0.15, 0.2) is 0 Å². The van der Waals surface area contributed by atoms with Crippen molar-refractivity contribution in [3.63, 3.8) is 0 Å². The van der Waals surface area contributed by atoms with Gasteiger partial charge < -0.3 is 19.6 Å². The van der Waals surface area contributed by atoms with Gasteiger partial charge >= 0.3 is 0 Å². The fraction of sp³-hybridized carbons (Fsp3) is 0.0455. The van der Waals surface area contributed by atoms with Gasteiger partial charge in [0.25, 0.3) is 0 Å². The zero-order chi connectivity index (χ0) is 31.8. The molecule has 230 valence electrons. The number of anilines is 2. The van der Waals surface area contributed by atoms with Crippen molar-refractivity contribution in [1.29, 1.82) is 0 Å². The van der Waals surface area contributed by atoms with Crippen molar-refractivity contribution in [1.82, 2.24) is 8.97 Å². The van der Waals surface area contributed by atoms with Gasteiger partial charge in [-0.3, -0.25) is 4.40 Å². The van der Waals surface area contributed by atoms with Gasteiger partial charge in [0.05, 0.1) is 39.8 Å². The van der Waals surface area contributed by atoms with E-state index in [1.807, 2.05) is 6.07 Å². The first kappa shape index (κ1) is 25.6. The molecule has 2 unspecified atom stereocenters. The number of fused-ring (bicyclic) bond motifs is 13. The third-order valence-electron chi connectivity index (χ3n) is 10.9. The van der Waals surface area contributed by atoms with E-state index in [1.54, 1.807) is 0 Å². The van der Waals surface area contributed by atoms with Crippen molar-refractivity contribution in [2.24, 2.45) is 0 Å².